The Bertz CT molecular complexity index is 819. The third kappa shape index (κ3) is 2.54. The van der Waals surface area contributed by atoms with Gasteiger partial charge in [0, 0.05) is 15.1 Å². The molecule has 2 N–H and O–H groups in total. The van der Waals surface area contributed by atoms with Crippen molar-refractivity contribution in [3.63, 3.8) is 0 Å². The van der Waals surface area contributed by atoms with Crippen LogP contribution in [0.15, 0.2) is 51.5 Å². The Kier molecular flexibility index (Phi) is 3.69. The minimum atomic E-state index is -0.428. The van der Waals surface area contributed by atoms with E-state index >= 15 is 0 Å². The van der Waals surface area contributed by atoms with E-state index in [4.69, 9.17) is 21.9 Å². The van der Waals surface area contributed by atoms with E-state index in [9.17, 15) is 4.39 Å². The molecule has 0 aliphatic carbocycles. The van der Waals surface area contributed by atoms with Gasteiger partial charge < -0.3 is 10.3 Å². The second-order valence-electron chi connectivity index (χ2n) is 4.38. The van der Waals surface area contributed by atoms with Gasteiger partial charge in [-0.05, 0) is 24.3 Å². The Balaban J connectivity index is 2.27. The fourth-order valence-electron chi connectivity index (χ4n) is 2.08. The van der Waals surface area contributed by atoms with E-state index < -0.39 is 5.82 Å². The number of anilines is 1. The van der Waals surface area contributed by atoms with Gasteiger partial charge in [-0.15, -0.1) is 0 Å². The smallest absolute Gasteiger partial charge is 0.179 e. The normalized spacial score (nSPS) is 10.8. The summed E-state index contributed by atoms with van der Waals surface area (Å²) < 4.78 is 20.0. The third-order valence-electron chi connectivity index (χ3n) is 3.03. The van der Waals surface area contributed by atoms with Crippen molar-refractivity contribution in [1.82, 2.24) is 5.16 Å². The van der Waals surface area contributed by atoms with Crippen LogP contribution in [0.1, 0.15) is 0 Å². The highest BCUT2D eigenvalue weighted by Crippen LogP contribution is 2.41. The Morgan fingerprint density at radius 3 is 2.67 bits per heavy atom. The zero-order valence-corrected chi connectivity index (χ0v) is 13.0. The first kappa shape index (κ1) is 14.1. The first-order valence-corrected chi connectivity index (χ1v) is 7.20. The quantitative estimate of drug-likeness (QED) is 0.682. The van der Waals surface area contributed by atoms with Crippen molar-refractivity contribution in [1.29, 1.82) is 0 Å². The standard InChI is InChI=1S/C15H9BrClFN2O/c16-8-5-6-12(18)10(7-8)14-13(15(19)20-21-14)9-3-1-2-4-11(9)17/h1-7H,(H2,19,20). The summed E-state index contributed by atoms with van der Waals surface area (Å²) in [6.45, 7) is 0. The molecule has 21 heavy (non-hydrogen) atoms. The van der Waals surface area contributed by atoms with E-state index in [0.29, 0.717) is 16.1 Å². The largest absolute Gasteiger partial charge is 0.380 e. The molecule has 0 bridgehead atoms. The number of halogens is 3. The van der Waals surface area contributed by atoms with Gasteiger partial charge in [-0.2, -0.15) is 0 Å². The number of benzene rings is 2. The molecule has 3 aromatic rings. The summed E-state index contributed by atoms with van der Waals surface area (Å²) in [6, 6.07) is 11.7. The second-order valence-corrected chi connectivity index (χ2v) is 5.70. The Labute approximate surface area is 133 Å². The molecule has 0 radical (unpaired) electrons. The molecule has 3 nitrogen and oxygen atoms in total. The van der Waals surface area contributed by atoms with Crippen molar-refractivity contribution in [2.75, 3.05) is 5.73 Å². The maximum absolute atomic E-state index is 14.1. The summed E-state index contributed by atoms with van der Waals surface area (Å²) in [5.74, 6) is -0.0143. The van der Waals surface area contributed by atoms with Gasteiger partial charge in [0.2, 0.25) is 0 Å². The van der Waals surface area contributed by atoms with Crippen molar-refractivity contribution >= 4 is 33.3 Å². The van der Waals surface area contributed by atoms with E-state index in [-0.39, 0.29) is 17.1 Å². The summed E-state index contributed by atoms with van der Waals surface area (Å²) in [6.07, 6.45) is 0. The lowest BCUT2D eigenvalue weighted by atomic mass is 10.0. The minimum Gasteiger partial charge on any atom is -0.380 e. The summed E-state index contributed by atoms with van der Waals surface area (Å²) >= 11 is 9.50. The van der Waals surface area contributed by atoms with Crippen LogP contribution in [0.3, 0.4) is 0 Å². The van der Waals surface area contributed by atoms with Gasteiger partial charge in [-0.1, -0.05) is 50.9 Å². The highest BCUT2D eigenvalue weighted by molar-refractivity contribution is 9.10. The Hall–Kier alpha value is -1.85. The van der Waals surface area contributed by atoms with Crippen LogP contribution in [-0.4, -0.2) is 5.16 Å². The van der Waals surface area contributed by atoms with Gasteiger partial charge in [0.05, 0.1) is 11.1 Å². The van der Waals surface area contributed by atoms with E-state index in [1.807, 2.05) is 6.07 Å². The molecular weight excluding hydrogens is 359 g/mol. The summed E-state index contributed by atoms with van der Waals surface area (Å²) in [7, 11) is 0. The fourth-order valence-corrected chi connectivity index (χ4v) is 2.67. The number of hydrogen-bond acceptors (Lipinski definition) is 3. The molecule has 2 aromatic carbocycles. The molecule has 6 heteroatoms. The fraction of sp³-hybridized carbons (Fsp3) is 0. The maximum atomic E-state index is 14.1. The van der Waals surface area contributed by atoms with Crippen LogP contribution in [0.25, 0.3) is 22.5 Å². The number of nitrogens with zero attached hydrogens (tertiary/aromatic N) is 1. The third-order valence-corrected chi connectivity index (χ3v) is 3.86. The van der Waals surface area contributed by atoms with E-state index in [1.54, 1.807) is 30.3 Å². The zero-order chi connectivity index (χ0) is 15.0. The Morgan fingerprint density at radius 1 is 1.14 bits per heavy atom. The first-order chi connectivity index (χ1) is 10.1. The predicted octanol–water partition coefficient (Wildman–Crippen LogP) is 5.15. The van der Waals surface area contributed by atoms with Gasteiger partial charge in [0.25, 0.3) is 0 Å². The monoisotopic (exact) mass is 366 g/mol. The van der Waals surface area contributed by atoms with Gasteiger partial charge in [0.15, 0.2) is 11.6 Å². The molecule has 0 spiro atoms. The number of aromatic nitrogens is 1. The SMILES string of the molecule is Nc1noc(-c2cc(Br)ccc2F)c1-c1ccccc1Cl. The van der Waals surface area contributed by atoms with Crippen LogP contribution < -0.4 is 5.73 Å². The van der Waals surface area contributed by atoms with Crippen LogP contribution in [0.4, 0.5) is 10.2 Å². The average Bonchev–Trinajstić information content (AvgIpc) is 2.84. The predicted molar refractivity (Wildman–Crippen MR) is 84.5 cm³/mol. The first-order valence-electron chi connectivity index (χ1n) is 6.03. The second kappa shape index (κ2) is 5.50. The molecule has 0 aliphatic heterocycles. The van der Waals surface area contributed by atoms with Crippen LogP contribution in [0, 0.1) is 5.82 Å². The van der Waals surface area contributed by atoms with Crippen LogP contribution in [0.2, 0.25) is 5.02 Å². The lowest BCUT2D eigenvalue weighted by Gasteiger charge is -2.06. The number of nitrogens with two attached hydrogens (primary N) is 1. The maximum Gasteiger partial charge on any atom is 0.179 e. The molecule has 0 unspecified atom stereocenters. The average molecular weight is 368 g/mol. The van der Waals surface area contributed by atoms with Gasteiger partial charge in [0.1, 0.15) is 5.82 Å². The molecule has 3 rings (SSSR count). The highest BCUT2D eigenvalue weighted by atomic mass is 79.9. The van der Waals surface area contributed by atoms with Crippen molar-refractivity contribution in [2.45, 2.75) is 0 Å². The van der Waals surface area contributed by atoms with Crippen LogP contribution in [0.5, 0.6) is 0 Å². The minimum absolute atomic E-state index is 0.164. The number of hydrogen-bond donors (Lipinski definition) is 1. The molecule has 1 aromatic heterocycles. The molecule has 0 saturated carbocycles. The molecule has 1 heterocycles. The van der Waals surface area contributed by atoms with Crippen molar-refractivity contribution in [2.24, 2.45) is 0 Å². The summed E-state index contributed by atoms with van der Waals surface area (Å²) in [4.78, 5) is 0. The number of nitrogen functional groups attached to an aromatic ring is 1. The molecule has 0 fully saturated rings. The van der Waals surface area contributed by atoms with E-state index in [0.717, 1.165) is 4.47 Å². The van der Waals surface area contributed by atoms with Gasteiger partial charge >= 0.3 is 0 Å². The van der Waals surface area contributed by atoms with Gasteiger partial charge in [-0.25, -0.2) is 4.39 Å². The lowest BCUT2D eigenvalue weighted by molar-refractivity contribution is 0.433. The molecule has 0 aliphatic rings. The Morgan fingerprint density at radius 2 is 1.90 bits per heavy atom. The van der Waals surface area contributed by atoms with E-state index in [1.165, 1.54) is 6.07 Å². The van der Waals surface area contributed by atoms with E-state index in [2.05, 4.69) is 21.1 Å². The van der Waals surface area contributed by atoms with Crippen molar-refractivity contribution in [3.05, 3.63) is 57.8 Å². The molecular formula is C15H9BrClFN2O. The van der Waals surface area contributed by atoms with Crippen molar-refractivity contribution in [3.8, 4) is 22.5 Å². The summed E-state index contributed by atoms with van der Waals surface area (Å²) in [5, 5.41) is 4.23. The molecule has 0 saturated heterocycles. The molecule has 106 valence electrons. The highest BCUT2D eigenvalue weighted by Gasteiger charge is 2.22. The number of rotatable bonds is 2. The summed E-state index contributed by atoms with van der Waals surface area (Å²) in [5.41, 5.74) is 7.27. The molecule has 0 atom stereocenters. The zero-order valence-electron chi connectivity index (χ0n) is 10.6. The topological polar surface area (TPSA) is 52.0 Å². The molecule has 0 amide bonds. The van der Waals surface area contributed by atoms with Crippen molar-refractivity contribution < 1.29 is 8.91 Å². The lowest BCUT2D eigenvalue weighted by Crippen LogP contribution is -1.91. The van der Waals surface area contributed by atoms with Crippen LogP contribution >= 0.6 is 27.5 Å². The van der Waals surface area contributed by atoms with Gasteiger partial charge in [-0.3, -0.25) is 0 Å². The van der Waals surface area contributed by atoms with Crippen LogP contribution in [-0.2, 0) is 0 Å².